The molecule has 8 heteroatoms. The lowest BCUT2D eigenvalue weighted by atomic mass is 10.0. The van der Waals surface area contributed by atoms with E-state index in [1.807, 2.05) is 48.9 Å². The van der Waals surface area contributed by atoms with Crippen molar-refractivity contribution in [1.82, 2.24) is 24.9 Å². The van der Waals surface area contributed by atoms with E-state index in [1.165, 1.54) is 0 Å². The van der Waals surface area contributed by atoms with Gasteiger partial charge in [0.25, 0.3) is 5.91 Å². The SMILES string of the molecule is Cc1n[nH]c(C(=O)N2CCOCC2c2c(C)nn(-c3ccccc3)c2C)c1O. The second kappa shape index (κ2) is 7.12. The molecule has 28 heavy (non-hydrogen) atoms. The lowest BCUT2D eigenvalue weighted by molar-refractivity contribution is -0.00349. The molecule has 0 aliphatic carbocycles. The van der Waals surface area contributed by atoms with Crippen LogP contribution in [0.3, 0.4) is 0 Å². The molecule has 146 valence electrons. The molecule has 1 aromatic carbocycles. The third-order valence-corrected chi connectivity index (χ3v) is 5.20. The van der Waals surface area contributed by atoms with Gasteiger partial charge in [0.05, 0.1) is 30.6 Å². The fourth-order valence-corrected chi connectivity index (χ4v) is 3.76. The average Bonchev–Trinajstić information content (AvgIpc) is 3.20. The van der Waals surface area contributed by atoms with Crippen LogP contribution in [0.2, 0.25) is 0 Å². The Balaban J connectivity index is 1.74. The van der Waals surface area contributed by atoms with Gasteiger partial charge >= 0.3 is 0 Å². The molecule has 1 saturated heterocycles. The van der Waals surface area contributed by atoms with Gasteiger partial charge < -0.3 is 14.7 Å². The van der Waals surface area contributed by atoms with Gasteiger partial charge in [-0.2, -0.15) is 10.2 Å². The minimum absolute atomic E-state index is 0.107. The Morgan fingerprint density at radius 2 is 1.96 bits per heavy atom. The predicted octanol–water partition coefficient (Wildman–Crippen LogP) is 2.44. The van der Waals surface area contributed by atoms with Crippen molar-refractivity contribution < 1.29 is 14.6 Å². The molecule has 1 amide bonds. The molecular formula is C20H23N5O3. The van der Waals surface area contributed by atoms with Crippen molar-refractivity contribution in [1.29, 1.82) is 0 Å². The number of aromatic nitrogens is 4. The van der Waals surface area contributed by atoms with E-state index < -0.39 is 0 Å². The molecule has 2 N–H and O–H groups in total. The highest BCUT2D eigenvalue weighted by Gasteiger charge is 2.35. The average molecular weight is 381 g/mol. The molecule has 0 bridgehead atoms. The monoisotopic (exact) mass is 381 g/mol. The van der Waals surface area contributed by atoms with E-state index in [0.717, 1.165) is 22.6 Å². The van der Waals surface area contributed by atoms with E-state index in [2.05, 4.69) is 10.2 Å². The molecule has 1 atom stereocenters. The van der Waals surface area contributed by atoms with Crippen LogP contribution < -0.4 is 0 Å². The lowest BCUT2D eigenvalue weighted by Gasteiger charge is -2.35. The van der Waals surface area contributed by atoms with Gasteiger partial charge in [0.15, 0.2) is 11.4 Å². The number of H-pyrrole nitrogens is 1. The van der Waals surface area contributed by atoms with Gasteiger partial charge in [0, 0.05) is 17.8 Å². The number of aryl methyl sites for hydroxylation is 2. The van der Waals surface area contributed by atoms with Crippen molar-refractivity contribution in [2.45, 2.75) is 26.8 Å². The molecule has 0 radical (unpaired) electrons. The zero-order chi connectivity index (χ0) is 19.8. The number of morpholine rings is 1. The number of nitrogens with one attached hydrogen (secondary N) is 1. The van der Waals surface area contributed by atoms with Crippen molar-refractivity contribution in [3.05, 3.63) is 58.7 Å². The van der Waals surface area contributed by atoms with Gasteiger partial charge in [-0.3, -0.25) is 9.89 Å². The minimum atomic E-state index is -0.294. The topological polar surface area (TPSA) is 96.3 Å². The maximum Gasteiger partial charge on any atom is 0.276 e. The van der Waals surface area contributed by atoms with Gasteiger partial charge in [-0.25, -0.2) is 4.68 Å². The highest BCUT2D eigenvalue weighted by atomic mass is 16.5. The maximum atomic E-state index is 13.1. The first-order valence-corrected chi connectivity index (χ1v) is 9.23. The molecule has 8 nitrogen and oxygen atoms in total. The van der Waals surface area contributed by atoms with Crippen LogP contribution >= 0.6 is 0 Å². The van der Waals surface area contributed by atoms with Crippen molar-refractivity contribution in [2.24, 2.45) is 0 Å². The normalized spacial score (nSPS) is 17.1. The van der Waals surface area contributed by atoms with Gasteiger partial charge in [0.1, 0.15) is 5.69 Å². The molecule has 1 aliphatic heterocycles. The predicted molar refractivity (Wildman–Crippen MR) is 103 cm³/mol. The molecule has 2 aromatic heterocycles. The van der Waals surface area contributed by atoms with Gasteiger partial charge in [-0.05, 0) is 32.9 Å². The number of ether oxygens (including phenoxy) is 1. The number of aromatic hydroxyl groups is 1. The number of carbonyl (C=O) groups is 1. The Morgan fingerprint density at radius 1 is 1.21 bits per heavy atom. The molecule has 0 spiro atoms. The third-order valence-electron chi connectivity index (χ3n) is 5.20. The zero-order valence-corrected chi connectivity index (χ0v) is 16.1. The number of benzene rings is 1. The Kier molecular flexibility index (Phi) is 4.64. The summed E-state index contributed by atoms with van der Waals surface area (Å²) < 4.78 is 7.58. The van der Waals surface area contributed by atoms with Crippen LogP contribution in [0.1, 0.15) is 39.2 Å². The van der Waals surface area contributed by atoms with Crippen LogP contribution in [0.15, 0.2) is 30.3 Å². The molecule has 3 aromatic rings. The Morgan fingerprint density at radius 3 is 2.64 bits per heavy atom. The summed E-state index contributed by atoms with van der Waals surface area (Å²) in [6, 6.07) is 9.60. The number of hydrogen-bond donors (Lipinski definition) is 2. The summed E-state index contributed by atoms with van der Waals surface area (Å²) >= 11 is 0. The molecule has 4 rings (SSSR count). The molecule has 3 heterocycles. The quantitative estimate of drug-likeness (QED) is 0.726. The largest absolute Gasteiger partial charge is 0.504 e. The first-order chi connectivity index (χ1) is 13.5. The number of amides is 1. The van der Waals surface area contributed by atoms with Crippen LogP contribution in [-0.2, 0) is 4.74 Å². The molecule has 0 saturated carbocycles. The van der Waals surface area contributed by atoms with E-state index in [9.17, 15) is 9.90 Å². The summed E-state index contributed by atoms with van der Waals surface area (Å²) in [5.41, 5.74) is 4.24. The van der Waals surface area contributed by atoms with E-state index in [1.54, 1.807) is 11.8 Å². The summed E-state index contributed by atoms with van der Waals surface area (Å²) in [5.74, 6) is -0.402. The summed E-state index contributed by atoms with van der Waals surface area (Å²) in [7, 11) is 0. The molecule has 1 aliphatic rings. The maximum absolute atomic E-state index is 13.1. The Hall–Kier alpha value is -3.13. The standard InChI is InChI=1S/C20H23N5O3/c1-12-17(14(3)25(23-12)15-7-5-4-6-8-15)16-11-28-10-9-24(16)20(27)18-19(26)13(2)21-22-18/h4-8,16,26H,9-11H2,1-3H3,(H,21,22). The number of hydrogen-bond acceptors (Lipinski definition) is 5. The van der Waals surface area contributed by atoms with E-state index in [-0.39, 0.29) is 23.4 Å². The number of carbonyl (C=O) groups excluding carboxylic acids is 1. The number of nitrogens with zero attached hydrogens (tertiary/aromatic N) is 4. The highest BCUT2D eigenvalue weighted by molar-refractivity contribution is 5.95. The van der Waals surface area contributed by atoms with Crippen molar-refractivity contribution in [3.8, 4) is 11.4 Å². The number of para-hydroxylation sites is 1. The van der Waals surface area contributed by atoms with Gasteiger partial charge in [-0.15, -0.1) is 0 Å². The first kappa shape index (κ1) is 18.2. The van der Waals surface area contributed by atoms with Crippen LogP contribution in [0, 0.1) is 20.8 Å². The summed E-state index contributed by atoms with van der Waals surface area (Å²) in [5, 5.41) is 21.5. The molecule has 1 unspecified atom stereocenters. The fourth-order valence-electron chi connectivity index (χ4n) is 3.76. The third kappa shape index (κ3) is 2.95. The smallest absolute Gasteiger partial charge is 0.276 e. The Labute approximate surface area is 162 Å². The van der Waals surface area contributed by atoms with Gasteiger partial charge in [0.2, 0.25) is 0 Å². The molecule has 1 fully saturated rings. The number of rotatable bonds is 3. The molecular weight excluding hydrogens is 358 g/mol. The van der Waals surface area contributed by atoms with E-state index in [0.29, 0.717) is 25.5 Å². The summed E-state index contributed by atoms with van der Waals surface area (Å²) in [4.78, 5) is 14.9. The van der Waals surface area contributed by atoms with Crippen molar-refractivity contribution in [3.63, 3.8) is 0 Å². The summed E-state index contributed by atoms with van der Waals surface area (Å²) in [6.07, 6.45) is 0. The van der Waals surface area contributed by atoms with Crippen LogP contribution in [0.25, 0.3) is 5.69 Å². The first-order valence-electron chi connectivity index (χ1n) is 9.23. The fraction of sp³-hybridized carbons (Fsp3) is 0.350. The second-order valence-corrected chi connectivity index (χ2v) is 6.95. The second-order valence-electron chi connectivity index (χ2n) is 6.95. The van der Waals surface area contributed by atoms with Crippen LogP contribution in [0.4, 0.5) is 0 Å². The zero-order valence-electron chi connectivity index (χ0n) is 16.1. The van der Waals surface area contributed by atoms with Crippen molar-refractivity contribution >= 4 is 5.91 Å². The highest BCUT2D eigenvalue weighted by Crippen LogP contribution is 2.33. The Bertz CT molecular complexity index is 1010. The summed E-state index contributed by atoms with van der Waals surface area (Å²) in [6.45, 7) is 6.84. The van der Waals surface area contributed by atoms with Gasteiger partial charge in [-0.1, -0.05) is 18.2 Å². The van der Waals surface area contributed by atoms with E-state index in [4.69, 9.17) is 9.84 Å². The lowest BCUT2D eigenvalue weighted by Crippen LogP contribution is -2.44. The van der Waals surface area contributed by atoms with E-state index >= 15 is 0 Å². The van der Waals surface area contributed by atoms with Crippen LogP contribution in [-0.4, -0.2) is 55.6 Å². The van der Waals surface area contributed by atoms with Crippen LogP contribution in [0.5, 0.6) is 5.75 Å². The number of aromatic amines is 1. The van der Waals surface area contributed by atoms with Crippen molar-refractivity contribution in [2.75, 3.05) is 19.8 Å². The minimum Gasteiger partial charge on any atom is -0.504 e.